The van der Waals surface area contributed by atoms with Crippen LogP contribution in [0.2, 0.25) is 0 Å². The smallest absolute Gasteiger partial charge is 0.222 e. The largest absolute Gasteiger partial charge is 0.376 e. The van der Waals surface area contributed by atoms with E-state index in [1.807, 2.05) is 18.7 Å². The van der Waals surface area contributed by atoms with Gasteiger partial charge in [0.1, 0.15) is 5.76 Å². The second kappa shape index (κ2) is 6.48. The Morgan fingerprint density at radius 3 is 2.75 bits per heavy atom. The molecule has 4 rings (SSSR count). The van der Waals surface area contributed by atoms with Crippen LogP contribution < -0.4 is 0 Å². The molecule has 1 aromatic rings. The molecule has 24 heavy (non-hydrogen) atoms. The summed E-state index contributed by atoms with van der Waals surface area (Å²) in [6, 6.07) is 0. The maximum Gasteiger partial charge on any atom is 0.222 e. The molecule has 4 heterocycles. The summed E-state index contributed by atoms with van der Waals surface area (Å²) in [5.41, 5.74) is 2.17. The molecule has 0 bridgehead atoms. The predicted octanol–water partition coefficient (Wildman–Crippen LogP) is 1.75. The van der Waals surface area contributed by atoms with E-state index in [1.54, 1.807) is 0 Å². The van der Waals surface area contributed by atoms with Gasteiger partial charge in [0.25, 0.3) is 0 Å². The van der Waals surface area contributed by atoms with Gasteiger partial charge in [-0.05, 0) is 32.6 Å². The Kier molecular flexibility index (Phi) is 4.35. The van der Waals surface area contributed by atoms with Gasteiger partial charge in [-0.3, -0.25) is 9.69 Å². The van der Waals surface area contributed by atoms with Crippen LogP contribution in [0.15, 0.2) is 4.52 Å². The molecular weight excluding hydrogens is 306 g/mol. The monoisotopic (exact) mass is 333 g/mol. The van der Waals surface area contributed by atoms with Gasteiger partial charge < -0.3 is 14.2 Å². The molecule has 0 N–H and O–H groups in total. The van der Waals surface area contributed by atoms with Gasteiger partial charge in [-0.1, -0.05) is 5.16 Å². The first-order chi connectivity index (χ1) is 11.6. The van der Waals surface area contributed by atoms with E-state index in [1.165, 1.54) is 5.56 Å². The summed E-state index contributed by atoms with van der Waals surface area (Å²) in [4.78, 5) is 16.9. The molecule has 0 saturated carbocycles. The number of hydrogen-bond acceptors (Lipinski definition) is 5. The predicted molar refractivity (Wildman–Crippen MR) is 88.4 cm³/mol. The van der Waals surface area contributed by atoms with Crippen molar-refractivity contribution in [2.24, 2.45) is 11.8 Å². The Labute approximate surface area is 143 Å². The molecule has 3 aliphatic rings. The van der Waals surface area contributed by atoms with E-state index in [4.69, 9.17) is 9.26 Å². The molecule has 3 fully saturated rings. The van der Waals surface area contributed by atoms with Crippen LogP contribution >= 0.6 is 0 Å². The Balaban J connectivity index is 1.35. The van der Waals surface area contributed by atoms with Crippen molar-refractivity contribution < 1.29 is 14.1 Å². The molecule has 1 amide bonds. The van der Waals surface area contributed by atoms with Gasteiger partial charge in [-0.2, -0.15) is 0 Å². The maximum absolute atomic E-state index is 12.5. The van der Waals surface area contributed by atoms with Crippen molar-refractivity contribution in [3.63, 3.8) is 0 Å². The Morgan fingerprint density at radius 1 is 1.25 bits per heavy atom. The SMILES string of the molecule is Cc1noc(C)c1CN1C[C@H]2[C@@H](CC(=O)N3CCCC3)CO[C@H]2C1. The first-order valence-electron chi connectivity index (χ1n) is 9.15. The van der Waals surface area contributed by atoms with E-state index < -0.39 is 0 Å². The second-order valence-corrected chi connectivity index (χ2v) is 7.58. The van der Waals surface area contributed by atoms with Crippen LogP contribution in [0, 0.1) is 25.7 Å². The van der Waals surface area contributed by atoms with Gasteiger partial charge in [0.2, 0.25) is 5.91 Å². The van der Waals surface area contributed by atoms with Crippen molar-refractivity contribution >= 4 is 5.91 Å². The molecule has 6 heteroatoms. The van der Waals surface area contributed by atoms with Crippen molar-refractivity contribution in [2.45, 2.75) is 45.8 Å². The zero-order valence-corrected chi connectivity index (χ0v) is 14.7. The van der Waals surface area contributed by atoms with Gasteiger partial charge in [0.05, 0.1) is 18.4 Å². The second-order valence-electron chi connectivity index (χ2n) is 7.58. The maximum atomic E-state index is 12.5. The number of aryl methyl sites for hydroxylation is 2. The fourth-order valence-electron chi connectivity index (χ4n) is 4.49. The molecule has 0 aromatic carbocycles. The zero-order valence-electron chi connectivity index (χ0n) is 14.7. The first kappa shape index (κ1) is 16.1. The minimum atomic E-state index is 0.279. The Hall–Kier alpha value is -1.40. The van der Waals surface area contributed by atoms with Crippen LogP contribution in [0.5, 0.6) is 0 Å². The molecular formula is C18H27N3O3. The third-order valence-electron chi connectivity index (χ3n) is 5.97. The normalized spacial score (nSPS) is 30.2. The number of carbonyl (C=O) groups excluding carboxylic acids is 1. The fourth-order valence-corrected chi connectivity index (χ4v) is 4.49. The number of fused-ring (bicyclic) bond motifs is 1. The molecule has 3 aliphatic heterocycles. The average Bonchev–Trinajstić information content (AvgIpc) is 3.31. The quantitative estimate of drug-likeness (QED) is 0.840. The summed E-state index contributed by atoms with van der Waals surface area (Å²) >= 11 is 0. The van der Waals surface area contributed by atoms with Crippen LogP contribution in [0.1, 0.15) is 36.3 Å². The van der Waals surface area contributed by atoms with Crippen molar-refractivity contribution in [3.8, 4) is 0 Å². The number of nitrogens with zero attached hydrogens (tertiary/aromatic N) is 3. The zero-order chi connectivity index (χ0) is 16.7. The van der Waals surface area contributed by atoms with Gasteiger partial charge in [0.15, 0.2) is 0 Å². The molecule has 132 valence electrons. The minimum Gasteiger partial charge on any atom is -0.376 e. The topological polar surface area (TPSA) is 58.8 Å². The third kappa shape index (κ3) is 2.97. The molecule has 3 atom stereocenters. The number of ether oxygens (including phenoxy) is 1. The standard InChI is InChI=1S/C18H27N3O3/c1-12-15(13(2)24-19-12)8-20-9-16-14(11-23-17(16)10-20)7-18(22)21-5-3-4-6-21/h14,16-17H,3-11H2,1-2H3/t14-,16-,17-/m0/s1. The van der Waals surface area contributed by atoms with Gasteiger partial charge in [-0.25, -0.2) is 0 Å². The number of aromatic nitrogens is 1. The summed E-state index contributed by atoms with van der Waals surface area (Å²) in [7, 11) is 0. The molecule has 0 unspecified atom stereocenters. The summed E-state index contributed by atoms with van der Waals surface area (Å²) < 4.78 is 11.3. The van der Waals surface area contributed by atoms with Gasteiger partial charge in [0, 0.05) is 50.6 Å². The van der Waals surface area contributed by atoms with Crippen LogP contribution in [-0.2, 0) is 16.1 Å². The van der Waals surface area contributed by atoms with Crippen LogP contribution in [0.3, 0.4) is 0 Å². The van der Waals surface area contributed by atoms with Crippen LogP contribution in [0.4, 0.5) is 0 Å². The van der Waals surface area contributed by atoms with Gasteiger partial charge in [-0.15, -0.1) is 0 Å². The number of amides is 1. The molecule has 3 saturated heterocycles. The lowest BCUT2D eigenvalue weighted by Crippen LogP contribution is -2.32. The first-order valence-corrected chi connectivity index (χ1v) is 9.15. The highest BCUT2D eigenvalue weighted by molar-refractivity contribution is 5.76. The highest BCUT2D eigenvalue weighted by Crippen LogP contribution is 2.37. The van der Waals surface area contributed by atoms with E-state index >= 15 is 0 Å². The summed E-state index contributed by atoms with van der Waals surface area (Å²) in [6.07, 6.45) is 3.25. The van der Waals surface area contributed by atoms with Crippen molar-refractivity contribution in [1.82, 2.24) is 15.0 Å². The summed E-state index contributed by atoms with van der Waals surface area (Å²) in [6.45, 7) is 9.42. The molecule has 0 spiro atoms. The van der Waals surface area contributed by atoms with E-state index in [0.29, 0.717) is 24.2 Å². The van der Waals surface area contributed by atoms with E-state index in [9.17, 15) is 4.79 Å². The number of carbonyl (C=O) groups is 1. The fraction of sp³-hybridized carbons (Fsp3) is 0.778. The number of likely N-dealkylation sites (tertiary alicyclic amines) is 2. The number of rotatable bonds is 4. The average molecular weight is 333 g/mol. The molecule has 0 radical (unpaired) electrons. The lowest BCUT2D eigenvalue weighted by Gasteiger charge is -2.22. The minimum absolute atomic E-state index is 0.279. The Bertz CT molecular complexity index is 589. The molecule has 0 aliphatic carbocycles. The lowest BCUT2D eigenvalue weighted by molar-refractivity contribution is -0.131. The van der Waals surface area contributed by atoms with Crippen molar-refractivity contribution in [2.75, 3.05) is 32.8 Å². The summed E-state index contributed by atoms with van der Waals surface area (Å²) in [5.74, 6) is 2.09. The highest BCUT2D eigenvalue weighted by atomic mass is 16.5. The van der Waals surface area contributed by atoms with Crippen LogP contribution in [0.25, 0.3) is 0 Å². The molecule has 1 aromatic heterocycles. The number of hydrogen-bond donors (Lipinski definition) is 0. The van der Waals surface area contributed by atoms with E-state index in [-0.39, 0.29) is 6.10 Å². The van der Waals surface area contributed by atoms with Crippen molar-refractivity contribution in [3.05, 3.63) is 17.0 Å². The van der Waals surface area contributed by atoms with E-state index in [0.717, 1.165) is 63.6 Å². The summed E-state index contributed by atoms with van der Waals surface area (Å²) in [5, 5.41) is 4.05. The van der Waals surface area contributed by atoms with E-state index in [2.05, 4.69) is 10.1 Å². The lowest BCUT2D eigenvalue weighted by atomic mass is 9.90. The van der Waals surface area contributed by atoms with Crippen molar-refractivity contribution in [1.29, 1.82) is 0 Å². The third-order valence-corrected chi connectivity index (χ3v) is 5.97. The van der Waals surface area contributed by atoms with Gasteiger partial charge >= 0.3 is 0 Å². The molecule has 6 nitrogen and oxygen atoms in total. The van der Waals surface area contributed by atoms with Crippen LogP contribution in [-0.4, -0.2) is 59.8 Å². The highest BCUT2D eigenvalue weighted by Gasteiger charge is 2.44. The Morgan fingerprint density at radius 2 is 2.04 bits per heavy atom.